The Hall–Kier alpha value is -1.98. The highest BCUT2D eigenvalue weighted by atomic mass is 35.5. The van der Waals surface area contributed by atoms with E-state index >= 15 is 0 Å². The van der Waals surface area contributed by atoms with Crippen molar-refractivity contribution in [3.8, 4) is 0 Å². The molecule has 22 heavy (non-hydrogen) atoms. The van der Waals surface area contributed by atoms with E-state index in [1.165, 1.54) is 6.07 Å². The number of anilines is 1. The highest BCUT2D eigenvalue weighted by Crippen LogP contribution is 2.14. The van der Waals surface area contributed by atoms with Gasteiger partial charge in [-0.05, 0) is 49.4 Å². The molecule has 0 aliphatic rings. The van der Waals surface area contributed by atoms with Gasteiger partial charge in [0.15, 0.2) is 18.2 Å². The predicted molar refractivity (Wildman–Crippen MR) is 81.6 cm³/mol. The highest BCUT2D eigenvalue weighted by molar-refractivity contribution is 6.30. The first-order valence-electron chi connectivity index (χ1n) is 6.79. The molecule has 0 heterocycles. The number of hydrogen-bond donors (Lipinski definition) is 2. The van der Waals surface area contributed by atoms with Crippen molar-refractivity contribution in [2.75, 3.05) is 11.9 Å². The number of amides is 1. The van der Waals surface area contributed by atoms with Crippen molar-refractivity contribution in [1.82, 2.24) is 0 Å². The van der Waals surface area contributed by atoms with E-state index in [2.05, 4.69) is 5.32 Å². The molecule has 0 radical (unpaired) electrons. The van der Waals surface area contributed by atoms with E-state index in [1.807, 2.05) is 6.92 Å². The molecule has 0 fully saturated rings. The fourth-order valence-electron chi connectivity index (χ4n) is 1.96. The number of quaternary nitrogens is 1. The largest absolute Gasteiger partial charge is 0.333 e. The maximum atomic E-state index is 13.2. The molecule has 1 atom stereocenters. The molecule has 0 saturated carbocycles. The molecule has 0 aromatic heterocycles. The van der Waals surface area contributed by atoms with Crippen LogP contribution in [-0.4, -0.2) is 12.5 Å². The quantitative estimate of drug-likeness (QED) is 0.872. The molecule has 0 spiro atoms. The van der Waals surface area contributed by atoms with Gasteiger partial charge < -0.3 is 10.6 Å². The third-order valence-corrected chi connectivity index (χ3v) is 3.51. The molecule has 3 N–H and O–H groups in total. The van der Waals surface area contributed by atoms with Crippen LogP contribution in [0.1, 0.15) is 18.5 Å². The summed E-state index contributed by atoms with van der Waals surface area (Å²) in [5.41, 5.74) is 1.28. The third kappa shape index (κ3) is 4.51. The van der Waals surface area contributed by atoms with Crippen LogP contribution in [0.15, 0.2) is 42.5 Å². The second-order valence-corrected chi connectivity index (χ2v) is 5.39. The van der Waals surface area contributed by atoms with E-state index < -0.39 is 11.6 Å². The summed E-state index contributed by atoms with van der Waals surface area (Å²) in [6.45, 7) is 1.99. The maximum absolute atomic E-state index is 13.2. The highest BCUT2D eigenvalue weighted by Gasteiger charge is 2.13. The summed E-state index contributed by atoms with van der Waals surface area (Å²) >= 11 is 5.77. The average Bonchev–Trinajstić information content (AvgIpc) is 2.50. The molecule has 6 heteroatoms. The first-order chi connectivity index (χ1) is 10.5. The summed E-state index contributed by atoms with van der Waals surface area (Å²) in [6, 6.07) is 10.4. The van der Waals surface area contributed by atoms with Crippen LogP contribution < -0.4 is 10.6 Å². The van der Waals surface area contributed by atoms with Crippen LogP contribution in [-0.2, 0) is 4.79 Å². The lowest BCUT2D eigenvalue weighted by molar-refractivity contribution is -0.682. The average molecular weight is 326 g/mol. The van der Waals surface area contributed by atoms with Crippen LogP contribution in [0.3, 0.4) is 0 Å². The standard InChI is InChI=1S/C16H15ClF2N2O/c1-10(11-2-7-14(18)15(19)8-11)20-9-16(22)21-13-5-3-12(17)4-6-13/h2-8,10,20H,9H2,1H3,(H,21,22)/p+1/t10-/m0/s1. The third-order valence-electron chi connectivity index (χ3n) is 3.25. The molecule has 0 aliphatic heterocycles. The number of carbonyl (C=O) groups is 1. The van der Waals surface area contributed by atoms with E-state index in [4.69, 9.17) is 11.6 Å². The number of hydrogen-bond acceptors (Lipinski definition) is 1. The number of carbonyl (C=O) groups excluding carboxylic acids is 1. The lowest BCUT2D eigenvalue weighted by atomic mass is 10.1. The van der Waals surface area contributed by atoms with Crippen molar-refractivity contribution in [1.29, 1.82) is 0 Å². The molecule has 0 aliphatic carbocycles. The molecular formula is C16H16ClF2N2O+. The van der Waals surface area contributed by atoms with Gasteiger partial charge in [-0.1, -0.05) is 11.6 Å². The van der Waals surface area contributed by atoms with Crippen LogP contribution in [0.25, 0.3) is 0 Å². The number of benzene rings is 2. The van der Waals surface area contributed by atoms with E-state index in [9.17, 15) is 13.6 Å². The Balaban J connectivity index is 1.87. The summed E-state index contributed by atoms with van der Waals surface area (Å²) in [6.07, 6.45) is 0. The minimum atomic E-state index is -0.886. The molecule has 1 amide bonds. The van der Waals surface area contributed by atoms with Gasteiger partial charge in [-0.3, -0.25) is 4.79 Å². The van der Waals surface area contributed by atoms with Gasteiger partial charge in [-0.2, -0.15) is 0 Å². The van der Waals surface area contributed by atoms with Crippen molar-refractivity contribution < 1.29 is 18.9 Å². The van der Waals surface area contributed by atoms with E-state index in [0.717, 1.165) is 12.1 Å². The summed E-state index contributed by atoms with van der Waals surface area (Å²) in [4.78, 5) is 11.8. The molecule has 0 unspecified atom stereocenters. The van der Waals surface area contributed by atoms with Gasteiger partial charge in [0.1, 0.15) is 6.04 Å². The summed E-state index contributed by atoms with van der Waals surface area (Å²) in [7, 11) is 0. The molecule has 2 rings (SSSR count). The first kappa shape index (κ1) is 16.4. The Morgan fingerprint density at radius 2 is 1.86 bits per heavy atom. The number of rotatable bonds is 5. The second-order valence-electron chi connectivity index (χ2n) is 4.96. The van der Waals surface area contributed by atoms with Gasteiger partial charge in [0.25, 0.3) is 5.91 Å². The van der Waals surface area contributed by atoms with Gasteiger partial charge in [0.2, 0.25) is 0 Å². The normalized spacial score (nSPS) is 12.0. The van der Waals surface area contributed by atoms with E-state index in [0.29, 0.717) is 16.3 Å². The van der Waals surface area contributed by atoms with Crippen LogP contribution in [0.4, 0.5) is 14.5 Å². The second kappa shape index (κ2) is 7.33. The number of nitrogens with one attached hydrogen (secondary N) is 1. The maximum Gasteiger partial charge on any atom is 0.279 e. The molecule has 116 valence electrons. The zero-order chi connectivity index (χ0) is 16.1. The van der Waals surface area contributed by atoms with Crippen molar-refractivity contribution in [3.63, 3.8) is 0 Å². The van der Waals surface area contributed by atoms with E-state index in [-0.39, 0.29) is 18.5 Å². The Kier molecular flexibility index (Phi) is 5.46. The van der Waals surface area contributed by atoms with Gasteiger partial charge >= 0.3 is 0 Å². The van der Waals surface area contributed by atoms with Crippen molar-refractivity contribution >= 4 is 23.2 Å². The zero-order valence-electron chi connectivity index (χ0n) is 11.9. The Morgan fingerprint density at radius 1 is 1.18 bits per heavy atom. The van der Waals surface area contributed by atoms with Gasteiger partial charge in [0, 0.05) is 16.3 Å². The van der Waals surface area contributed by atoms with Crippen LogP contribution >= 0.6 is 11.6 Å². The first-order valence-corrected chi connectivity index (χ1v) is 7.17. The zero-order valence-corrected chi connectivity index (χ0v) is 12.7. The van der Waals surface area contributed by atoms with Crippen LogP contribution in [0, 0.1) is 11.6 Å². The van der Waals surface area contributed by atoms with Crippen LogP contribution in [0.5, 0.6) is 0 Å². The summed E-state index contributed by atoms with van der Waals surface area (Å²) in [5, 5.41) is 5.08. The Morgan fingerprint density at radius 3 is 2.50 bits per heavy atom. The Bertz CT molecular complexity index is 662. The minimum Gasteiger partial charge on any atom is -0.333 e. The number of nitrogens with two attached hydrogens (primary N) is 1. The predicted octanol–water partition coefficient (Wildman–Crippen LogP) is 2.88. The smallest absolute Gasteiger partial charge is 0.279 e. The summed E-state index contributed by atoms with van der Waals surface area (Å²) < 4.78 is 26.1. The topological polar surface area (TPSA) is 45.7 Å². The monoisotopic (exact) mass is 325 g/mol. The Labute approximate surface area is 132 Å². The van der Waals surface area contributed by atoms with Crippen molar-refractivity contribution in [2.45, 2.75) is 13.0 Å². The van der Waals surface area contributed by atoms with E-state index in [1.54, 1.807) is 29.6 Å². The molecule has 3 nitrogen and oxygen atoms in total. The van der Waals surface area contributed by atoms with Gasteiger partial charge in [0.05, 0.1) is 0 Å². The fraction of sp³-hybridized carbons (Fsp3) is 0.188. The lowest BCUT2D eigenvalue weighted by Gasteiger charge is -2.11. The molecule has 0 saturated heterocycles. The van der Waals surface area contributed by atoms with Gasteiger partial charge in [-0.15, -0.1) is 0 Å². The molecular weight excluding hydrogens is 310 g/mol. The van der Waals surface area contributed by atoms with Crippen molar-refractivity contribution in [3.05, 3.63) is 64.7 Å². The molecule has 2 aromatic carbocycles. The van der Waals surface area contributed by atoms with Gasteiger partial charge in [-0.25, -0.2) is 8.78 Å². The SMILES string of the molecule is C[C@H]([NH2+]CC(=O)Nc1ccc(Cl)cc1)c1ccc(F)c(F)c1. The molecule has 0 bridgehead atoms. The summed E-state index contributed by atoms with van der Waals surface area (Å²) in [5.74, 6) is -1.95. The van der Waals surface area contributed by atoms with Crippen molar-refractivity contribution in [2.24, 2.45) is 0 Å². The lowest BCUT2D eigenvalue weighted by Crippen LogP contribution is -2.86. The van der Waals surface area contributed by atoms with Crippen LogP contribution in [0.2, 0.25) is 5.02 Å². The fourth-order valence-corrected chi connectivity index (χ4v) is 2.09. The minimum absolute atomic E-state index is 0.161. The number of halogens is 3. The molecule has 2 aromatic rings.